The normalized spacial score (nSPS) is 11.0. The third-order valence-corrected chi connectivity index (χ3v) is 3.16. The minimum absolute atomic E-state index is 0.383. The van der Waals surface area contributed by atoms with Crippen LogP contribution in [0.1, 0.15) is 11.1 Å². The number of thioether (sulfide) groups is 1. The van der Waals surface area contributed by atoms with Crippen LogP contribution in [0.15, 0.2) is 46.4 Å². The van der Waals surface area contributed by atoms with Crippen molar-refractivity contribution in [1.82, 2.24) is 4.98 Å². The number of carbonyl (C=O) groups is 1. The number of hydrogen-bond donors (Lipinski definition) is 1. The number of halogens is 1. The van der Waals surface area contributed by atoms with Crippen LogP contribution < -0.4 is 0 Å². The Balaban J connectivity index is 2.04. The van der Waals surface area contributed by atoms with Crippen molar-refractivity contribution in [3.63, 3.8) is 0 Å². The Morgan fingerprint density at radius 1 is 1.53 bits per heavy atom. The maximum Gasteiger partial charge on any atom is 0.328 e. The summed E-state index contributed by atoms with van der Waals surface area (Å²) in [5.41, 5.74) is 1.01. The van der Waals surface area contributed by atoms with E-state index in [4.69, 9.17) is 9.52 Å². The summed E-state index contributed by atoms with van der Waals surface area (Å²) in [6, 6.07) is 4.58. The first-order valence-electron chi connectivity index (χ1n) is 5.37. The van der Waals surface area contributed by atoms with Gasteiger partial charge in [-0.05, 0) is 23.3 Å². The first-order valence-corrected chi connectivity index (χ1v) is 6.35. The number of benzene rings is 1. The average Bonchev–Trinajstić information content (AvgIpc) is 2.88. The van der Waals surface area contributed by atoms with Gasteiger partial charge in [-0.3, -0.25) is 0 Å². The third-order valence-electron chi connectivity index (χ3n) is 2.26. The molecule has 1 aromatic heterocycles. The SMILES string of the molecule is O=C(O)/C=C/c1ccc(CSc2ncco2)c(F)c1. The molecule has 0 unspecified atom stereocenters. The highest BCUT2D eigenvalue weighted by Crippen LogP contribution is 2.23. The number of carboxylic acid groups (broad SMARTS) is 1. The van der Waals surface area contributed by atoms with Crippen molar-refractivity contribution < 1.29 is 18.7 Å². The zero-order chi connectivity index (χ0) is 13.7. The van der Waals surface area contributed by atoms with Crippen LogP contribution in [0, 0.1) is 5.82 Å². The highest BCUT2D eigenvalue weighted by atomic mass is 32.2. The van der Waals surface area contributed by atoms with E-state index in [0.29, 0.717) is 22.1 Å². The molecule has 98 valence electrons. The van der Waals surface area contributed by atoms with Crippen molar-refractivity contribution in [2.24, 2.45) is 0 Å². The number of nitrogens with zero attached hydrogens (tertiary/aromatic N) is 1. The van der Waals surface area contributed by atoms with Gasteiger partial charge in [-0.15, -0.1) is 0 Å². The van der Waals surface area contributed by atoms with E-state index in [1.165, 1.54) is 36.4 Å². The van der Waals surface area contributed by atoms with E-state index in [9.17, 15) is 9.18 Å². The lowest BCUT2D eigenvalue weighted by atomic mass is 10.1. The van der Waals surface area contributed by atoms with Crippen LogP contribution in [-0.4, -0.2) is 16.1 Å². The van der Waals surface area contributed by atoms with Gasteiger partial charge in [0.25, 0.3) is 5.22 Å². The number of carboxylic acids is 1. The van der Waals surface area contributed by atoms with E-state index in [0.717, 1.165) is 6.08 Å². The molecule has 0 fully saturated rings. The van der Waals surface area contributed by atoms with Crippen LogP contribution in [0.25, 0.3) is 6.08 Å². The molecule has 0 aliphatic rings. The lowest BCUT2D eigenvalue weighted by Gasteiger charge is -2.02. The molecule has 0 amide bonds. The second-order valence-corrected chi connectivity index (χ2v) is 4.54. The van der Waals surface area contributed by atoms with Gasteiger partial charge >= 0.3 is 5.97 Å². The van der Waals surface area contributed by atoms with Crippen molar-refractivity contribution >= 4 is 23.8 Å². The van der Waals surface area contributed by atoms with Crippen molar-refractivity contribution in [2.45, 2.75) is 11.0 Å². The number of aliphatic carboxylic acids is 1. The highest BCUT2D eigenvalue weighted by Gasteiger charge is 2.05. The van der Waals surface area contributed by atoms with Gasteiger partial charge in [-0.1, -0.05) is 23.9 Å². The maximum atomic E-state index is 13.8. The molecule has 0 bridgehead atoms. The van der Waals surface area contributed by atoms with E-state index < -0.39 is 5.97 Å². The Hall–Kier alpha value is -2.08. The summed E-state index contributed by atoms with van der Waals surface area (Å²) in [5.74, 6) is -1.05. The molecule has 1 heterocycles. The molecule has 0 saturated carbocycles. The van der Waals surface area contributed by atoms with Crippen LogP contribution in [0.4, 0.5) is 4.39 Å². The van der Waals surface area contributed by atoms with Crippen molar-refractivity contribution in [3.05, 3.63) is 53.7 Å². The minimum atomic E-state index is -1.07. The first kappa shape index (κ1) is 13.4. The van der Waals surface area contributed by atoms with Crippen LogP contribution >= 0.6 is 11.8 Å². The molecule has 2 rings (SSSR count). The fourth-order valence-corrected chi connectivity index (χ4v) is 2.15. The lowest BCUT2D eigenvalue weighted by molar-refractivity contribution is -0.131. The summed E-state index contributed by atoms with van der Waals surface area (Å²) in [7, 11) is 0. The maximum absolute atomic E-state index is 13.8. The van der Waals surface area contributed by atoms with E-state index in [1.54, 1.807) is 12.1 Å². The fourth-order valence-electron chi connectivity index (χ4n) is 1.37. The van der Waals surface area contributed by atoms with Crippen LogP contribution in [0.2, 0.25) is 0 Å². The standard InChI is InChI=1S/C13H10FNO3S/c14-11-7-9(2-4-12(16)17)1-3-10(11)8-19-13-15-5-6-18-13/h1-7H,8H2,(H,16,17)/b4-2+. The van der Waals surface area contributed by atoms with E-state index in [-0.39, 0.29) is 5.82 Å². The number of hydrogen-bond acceptors (Lipinski definition) is 4. The fraction of sp³-hybridized carbons (Fsp3) is 0.0769. The van der Waals surface area contributed by atoms with E-state index in [2.05, 4.69) is 4.98 Å². The second kappa shape index (κ2) is 6.19. The molecule has 1 aromatic carbocycles. The monoisotopic (exact) mass is 279 g/mol. The average molecular weight is 279 g/mol. The Morgan fingerprint density at radius 2 is 2.37 bits per heavy atom. The van der Waals surface area contributed by atoms with Gasteiger partial charge < -0.3 is 9.52 Å². The summed E-state index contributed by atoms with van der Waals surface area (Å²) in [6.07, 6.45) is 5.29. The van der Waals surface area contributed by atoms with Crippen molar-refractivity contribution in [1.29, 1.82) is 0 Å². The smallest absolute Gasteiger partial charge is 0.328 e. The molecule has 0 spiro atoms. The summed E-state index contributed by atoms with van der Waals surface area (Å²) in [6.45, 7) is 0. The molecular weight excluding hydrogens is 269 g/mol. The van der Waals surface area contributed by atoms with Crippen LogP contribution in [-0.2, 0) is 10.5 Å². The molecule has 6 heteroatoms. The van der Waals surface area contributed by atoms with Gasteiger partial charge in [0.1, 0.15) is 12.1 Å². The number of aromatic nitrogens is 1. The van der Waals surface area contributed by atoms with Gasteiger partial charge in [-0.2, -0.15) is 0 Å². The number of rotatable bonds is 5. The van der Waals surface area contributed by atoms with Crippen molar-refractivity contribution in [3.8, 4) is 0 Å². The second-order valence-electron chi connectivity index (χ2n) is 3.61. The molecule has 0 aliphatic heterocycles. The Bertz CT molecular complexity index is 596. The molecule has 1 N–H and O–H groups in total. The predicted molar refractivity (Wildman–Crippen MR) is 69.1 cm³/mol. The quantitative estimate of drug-likeness (QED) is 0.672. The van der Waals surface area contributed by atoms with Gasteiger partial charge in [0.15, 0.2) is 0 Å². The zero-order valence-corrected chi connectivity index (χ0v) is 10.6. The van der Waals surface area contributed by atoms with E-state index >= 15 is 0 Å². The Labute approximate surface area is 113 Å². The number of oxazole rings is 1. The molecule has 0 aliphatic carbocycles. The first-order chi connectivity index (χ1) is 9.15. The molecule has 0 radical (unpaired) electrons. The van der Waals surface area contributed by atoms with Crippen LogP contribution in [0.5, 0.6) is 0 Å². The molecule has 0 atom stereocenters. The molecule has 4 nitrogen and oxygen atoms in total. The predicted octanol–water partition coefficient (Wildman–Crippen LogP) is 3.20. The molecule has 19 heavy (non-hydrogen) atoms. The summed E-state index contributed by atoms with van der Waals surface area (Å²) in [5, 5.41) is 8.97. The summed E-state index contributed by atoms with van der Waals surface area (Å²) < 4.78 is 18.8. The van der Waals surface area contributed by atoms with Crippen LogP contribution in [0.3, 0.4) is 0 Å². The van der Waals surface area contributed by atoms with Crippen molar-refractivity contribution in [2.75, 3.05) is 0 Å². The topological polar surface area (TPSA) is 63.3 Å². The lowest BCUT2D eigenvalue weighted by Crippen LogP contribution is -1.90. The summed E-state index contributed by atoms with van der Waals surface area (Å²) in [4.78, 5) is 14.3. The molecule has 0 saturated heterocycles. The Morgan fingerprint density at radius 3 is 3.00 bits per heavy atom. The molecule has 2 aromatic rings. The Kier molecular flexibility index (Phi) is 4.35. The third kappa shape index (κ3) is 3.96. The molecular formula is C13H10FNO3S. The highest BCUT2D eigenvalue weighted by molar-refractivity contribution is 7.98. The zero-order valence-electron chi connectivity index (χ0n) is 9.75. The van der Waals surface area contributed by atoms with Gasteiger partial charge in [0.05, 0.1) is 6.20 Å². The van der Waals surface area contributed by atoms with Gasteiger partial charge in [-0.25, -0.2) is 14.2 Å². The van der Waals surface area contributed by atoms with Gasteiger partial charge in [0, 0.05) is 11.8 Å². The minimum Gasteiger partial charge on any atom is -0.478 e. The largest absolute Gasteiger partial charge is 0.478 e. The summed E-state index contributed by atoms with van der Waals surface area (Å²) >= 11 is 1.29. The van der Waals surface area contributed by atoms with Gasteiger partial charge in [0.2, 0.25) is 0 Å². The van der Waals surface area contributed by atoms with E-state index in [1.807, 2.05) is 0 Å².